The molecule has 2 saturated heterocycles. The molecule has 28 heavy (non-hydrogen) atoms. The average molecular weight is 409 g/mol. The molecule has 2 heterocycles. The summed E-state index contributed by atoms with van der Waals surface area (Å²) in [7, 11) is 1.54. The van der Waals surface area contributed by atoms with Crippen LogP contribution in [0, 0.1) is 0 Å². The summed E-state index contributed by atoms with van der Waals surface area (Å²) in [4.78, 5) is 29.0. The molecule has 0 unspecified atom stereocenters. The second-order valence-corrected chi connectivity index (χ2v) is 9.01. The van der Waals surface area contributed by atoms with Crippen molar-refractivity contribution in [1.82, 2.24) is 15.1 Å². The van der Waals surface area contributed by atoms with Gasteiger partial charge in [0.05, 0.1) is 25.2 Å². The third-order valence-electron chi connectivity index (χ3n) is 5.11. The Morgan fingerprint density at radius 1 is 1.14 bits per heavy atom. The van der Waals surface area contributed by atoms with E-state index < -0.39 is 0 Å². The zero-order valence-corrected chi connectivity index (χ0v) is 17.7. The van der Waals surface area contributed by atoms with Gasteiger partial charge in [0.2, 0.25) is 11.8 Å². The molecule has 8 heteroatoms. The Bertz CT molecular complexity index is 749. The minimum absolute atomic E-state index is 0.0565. The molecule has 2 atom stereocenters. The predicted molar refractivity (Wildman–Crippen MR) is 110 cm³/mol. The smallest absolute Gasteiger partial charge is 0.238 e. The summed E-state index contributed by atoms with van der Waals surface area (Å²) in [6.07, 6.45) is 1.00. The number of hydrogen-bond donors (Lipinski definition) is 2. The van der Waals surface area contributed by atoms with E-state index >= 15 is 0 Å². The average Bonchev–Trinajstić information content (AvgIpc) is 3.14. The van der Waals surface area contributed by atoms with Crippen LogP contribution in [-0.4, -0.2) is 72.5 Å². The van der Waals surface area contributed by atoms with Crippen LogP contribution in [0.1, 0.15) is 27.2 Å². The number of piperazine rings is 1. The third-order valence-corrected chi connectivity index (χ3v) is 5.42. The molecule has 1 aromatic rings. The number of benzene rings is 1. The molecule has 2 fully saturated rings. The second kappa shape index (κ2) is 8.27. The number of carbonyl (C=O) groups is 2. The van der Waals surface area contributed by atoms with Gasteiger partial charge in [0, 0.05) is 42.5 Å². The molecule has 2 aliphatic rings. The van der Waals surface area contributed by atoms with Crippen LogP contribution in [0.3, 0.4) is 0 Å². The van der Waals surface area contributed by atoms with E-state index in [1.54, 1.807) is 25.3 Å². The van der Waals surface area contributed by atoms with E-state index in [-0.39, 0.29) is 17.4 Å². The van der Waals surface area contributed by atoms with E-state index in [9.17, 15) is 9.59 Å². The third kappa shape index (κ3) is 5.16. The van der Waals surface area contributed by atoms with Crippen molar-refractivity contribution >= 4 is 29.1 Å². The van der Waals surface area contributed by atoms with Crippen LogP contribution in [0.15, 0.2) is 18.2 Å². The molecule has 2 N–H and O–H groups in total. The number of hydrogen-bond acceptors (Lipinski definition) is 5. The molecule has 1 aromatic carbocycles. The predicted octanol–water partition coefficient (Wildman–Crippen LogP) is 1.96. The highest BCUT2D eigenvalue weighted by Gasteiger charge is 2.44. The fourth-order valence-corrected chi connectivity index (χ4v) is 4.18. The molecule has 2 aliphatic heterocycles. The quantitative estimate of drug-likeness (QED) is 0.752. The van der Waals surface area contributed by atoms with E-state index in [2.05, 4.69) is 20.4 Å². The summed E-state index contributed by atoms with van der Waals surface area (Å²) in [6.45, 7) is 8.35. The first-order chi connectivity index (χ1) is 13.1. The summed E-state index contributed by atoms with van der Waals surface area (Å²) in [5, 5.41) is 6.42. The van der Waals surface area contributed by atoms with Crippen molar-refractivity contribution in [3.05, 3.63) is 23.2 Å². The Morgan fingerprint density at radius 2 is 1.75 bits per heavy atom. The highest BCUT2D eigenvalue weighted by atomic mass is 35.5. The number of fused-ring (bicyclic) bond motifs is 2. The summed E-state index contributed by atoms with van der Waals surface area (Å²) in [5.41, 5.74) is 0.445. The van der Waals surface area contributed by atoms with Gasteiger partial charge in [0.15, 0.2) is 0 Å². The molecule has 2 amide bonds. The van der Waals surface area contributed by atoms with Crippen molar-refractivity contribution in [2.75, 3.05) is 38.6 Å². The van der Waals surface area contributed by atoms with Gasteiger partial charge in [-0.05, 0) is 39.3 Å². The first-order valence-electron chi connectivity index (χ1n) is 9.57. The Kier molecular flexibility index (Phi) is 6.17. The van der Waals surface area contributed by atoms with E-state index in [1.165, 1.54) is 0 Å². The van der Waals surface area contributed by atoms with E-state index in [0.717, 1.165) is 19.5 Å². The summed E-state index contributed by atoms with van der Waals surface area (Å²) in [5.74, 6) is 0.527. The first-order valence-corrected chi connectivity index (χ1v) is 9.95. The van der Waals surface area contributed by atoms with E-state index in [0.29, 0.717) is 41.6 Å². The van der Waals surface area contributed by atoms with Crippen LogP contribution in [-0.2, 0) is 9.59 Å². The number of nitrogens with one attached hydrogen (secondary N) is 2. The van der Waals surface area contributed by atoms with Gasteiger partial charge in [-0.1, -0.05) is 11.6 Å². The summed E-state index contributed by atoms with van der Waals surface area (Å²) < 4.78 is 5.18. The van der Waals surface area contributed by atoms with Gasteiger partial charge in [-0.3, -0.25) is 19.4 Å². The molecule has 0 spiro atoms. The van der Waals surface area contributed by atoms with Crippen molar-refractivity contribution in [1.29, 1.82) is 0 Å². The standard InChI is InChI=1S/C20H29ClN4O3/c1-20(2,3)23-19(27)12-25-10-14-8-15(25)9-24(14)11-18(26)22-13-5-6-16(21)17(7-13)28-4/h5-7,14-15H,8-12H2,1-4H3,(H,22,26)(H,23,27)/t14-,15-/m0/s1. The lowest BCUT2D eigenvalue weighted by Gasteiger charge is -2.34. The maximum absolute atomic E-state index is 12.4. The number of nitrogens with zero attached hydrogens (tertiary/aromatic N) is 2. The Morgan fingerprint density at radius 3 is 2.29 bits per heavy atom. The maximum Gasteiger partial charge on any atom is 0.238 e. The zero-order valence-electron chi connectivity index (χ0n) is 16.9. The molecular formula is C20H29ClN4O3. The van der Waals surface area contributed by atoms with E-state index in [4.69, 9.17) is 16.3 Å². The molecule has 0 aliphatic carbocycles. The van der Waals surface area contributed by atoms with Gasteiger partial charge >= 0.3 is 0 Å². The fraction of sp³-hybridized carbons (Fsp3) is 0.600. The van der Waals surface area contributed by atoms with Crippen LogP contribution in [0.5, 0.6) is 5.75 Å². The van der Waals surface area contributed by atoms with Crippen molar-refractivity contribution in [2.45, 2.75) is 44.8 Å². The topological polar surface area (TPSA) is 73.9 Å². The number of anilines is 1. The highest BCUT2D eigenvalue weighted by molar-refractivity contribution is 6.32. The van der Waals surface area contributed by atoms with Crippen LogP contribution < -0.4 is 15.4 Å². The Hall–Kier alpha value is -1.83. The lowest BCUT2D eigenvalue weighted by Crippen LogP contribution is -2.52. The number of halogens is 1. The maximum atomic E-state index is 12.4. The summed E-state index contributed by atoms with van der Waals surface area (Å²) in [6, 6.07) is 5.83. The molecule has 0 radical (unpaired) electrons. The van der Waals surface area contributed by atoms with Gasteiger partial charge in [-0.2, -0.15) is 0 Å². The van der Waals surface area contributed by atoms with Gasteiger partial charge in [-0.25, -0.2) is 0 Å². The second-order valence-electron chi connectivity index (χ2n) is 8.60. The largest absolute Gasteiger partial charge is 0.495 e. The van der Waals surface area contributed by atoms with Gasteiger partial charge < -0.3 is 15.4 Å². The minimum atomic E-state index is -0.218. The molecule has 0 saturated carbocycles. The SMILES string of the molecule is COc1cc(NC(=O)CN2C[C@@H]3C[C@H]2CN3CC(=O)NC(C)(C)C)ccc1Cl. The number of amides is 2. The molecule has 7 nitrogen and oxygen atoms in total. The van der Waals surface area contributed by atoms with Crippen LogP contribution >= 0.6 is 11.6 Å². The van der Waals surface area contributed by atoms with Gasteiger partial charge in [0.25, 0.3) is 0 Å². The molecule has 3 rings (SSSR count). The normalized spacial score (nSPS) is 22.3. The number of rotatable bonds is 6. The number of ether oxygens (including phenoxy) is 1. The first kappa shape index (κ1) is 20.9. The number of methoxy groups -OCH3 is 1. The van der Waals surface area contributed by atoms with E-state index in [1.807, 2.05) is 20.8 Å². The zero-order chi connectivity index (χ0) is 20.5. The van der Waals surface area contributed by atoms with Crippen molar-refractivity contribution in [3.63, 3.8) is 0 Å². The molecular weight excluding hydrogens is 380 g/mol. The minimum Gasteiger partial charge on any atom is -0.495 e. The Balaban J connectivity index is 1.48. The lowest BCUT2D eigenvalue weighted by molar-refractivity contribution is -0.124. The fourth-order valence-electron chi connectivity index (χ4n) is 3.98. The number of carbonyl (C=O) groups excluding carboxylic acids is 2. The van der Waals surface area contributed by atoms with Gasteiger partial charge in [0.1, 0.15) is 5.75 Å². The van der Waals surface area contributed by atoms with Crippen LogP contribution in [0.25, 0.3) is 0 Å². The molecule has 0 aromatic heterocycles. The van der Waals surface area contributed by atoms with Gasteiger partial charge in [-0.15, -0.1) is 0 Å². The van der Waals surface area contributed by atoms with Crippen LogP contribution in [0.2, 0.25) is 5.02 Å². The summed E-state index contributed by atoms with van der Waals surface area (Å²) >= 11 is 6.02. The monoisotopic (exact) mass is 408 g/mol. The molecule has 154 valence electrons. The highest BCUT2D eigenvalue weighted by Crippen LogP contribution is 2.31. The lowest BCUT2D eigenvalue weighted by atomic mass is 10.1. The van der Waals surface area contributed by atoms with Crippen LogP contribution in [0.4, 0.5) is 5.69 Å². The number of likely N-dealkylation sites (tertiary alicyclic amines) is 2. The van der Waals surface area contributed by atoms with Crippen molar-refractivity contribution < 1.29 is 14.3 Å². The van der Waals surface area contributed by atoms with Crippen molar-refractivity contribution in [2.24, 2.45) is 0 Å². The van der Waals surface area contributed by atoms with Crippen molar-refractivity contribution in [3.8, 4) is 5.75 Å². The molecule has 2 bridgehead atoms. The Labute approximate surface area is 171 Å².